The van der Waals surface area contributed by atoms with Gasteiger partial charge in [-0.1, -0.05) is 20.8 Å². The van der Waals surface area contributed by atoms with Gasteiger partial charge in [0.2, 0.25) is 0 Å². The molecule has 1 heterocycles. The summed E-state index contributed by atoms with van der Waals surface area (Å²) < 4.78 is 12.2. The number of fused-ring (bicyclic) bond motifs is 7. The van der Waals surface area contributed by atoms with Crippen LogP contribution in [0.3, 0.4) is 0 Å². The van der Waals surface area contributed by atoms with Crippen molar-refractivity contribution in [1.29, 1.82) is 0 Å². The van der Waals surface area contributed by atoms with Crippen molar-refractivity contribution < 1.29 is 19.4 Å². The fourth-order valence-corrected chi connectivity index (χ4v) is 10.3. The molecule has 3 N–H and O–H groups in total. The number of aliphatic hydroxyl groups excluding tert-OH is 1. The lowest BCUT2D eigenvalue weighted by atomic mass is 9.44. The first-order valence-electron chi connectivity index (χ1n) is 16.5. The minimum absolute atomic E-state index is 0.244. The van der Waals surface area contributed by atoms with E-state index >= 15 is 0 Å². The Morgan fingerprint density at radius 3 is 2.58 bits per heavy atom. The molecule has 4 saturated carbocycles. The normalized spacial score (nSPS) is 41.4. The van der Waals surface area contributed by atoms with Gasteiger partial charge in [-0.15, -0.1) is 0 Å². The first kappa shape index (κ1) is 30.2. The summed E-state index contributed by atoms with van der Waals surface area (Å²) in [4.78, 5) is 12.0. The first-order valence-corrected chi connectivity index (χ1v) is 16.5. The van der Waals surface area contributed by atoms with E-state index in [1.54, 1.807) is 0 Å². The van der Waals surface area contributed by atoms with E-state index in [4.69, 9.17) is 9.47 Å². The van der Waals surface area contributed by atoms with Gasteiger partial charge in [-0.05, 0) is 131 Å². The third kappa shape index (κ3) is 5.70. The Morgan fingerprint density at radius 2 is 1.85 bits per heavy atom. The van der Waals surface area contributed by atoms with Crippen LogP contribution < -0.4 is 10.6 Å². The Balaban J connectivity index is 1.19. The molecule has 4 aliphatic carbocycles. The molecule has 0 aromatic rings. The topological polar surface area (TPSA) is 79.8 Å². The van der Waals surface area contributed by atoms with Crippen LogP contribution in [0.5, 0.6) is 0 Å². The number of rotatable bonds is 8. The Hall–Kier alpha value is -1.27. The maximum atomic E-state index is 12.0. The number of ether oxygens (including phenoxy) is 2. The zero-order chi connectivity index (χ0) is 28.9. The van der Waals surface area contributed by atoms with Gasteiger partial charge in [-0.3, -0.25) is 0 Å². The maximum Gasteiger partial charge on any atom is 0.407 e. The van der Waals surface area contributed by atoms with Crippen LogP contribution in [-0.4, -0.2) is 48.6 Å². The molecule has 1 unspecified atom stereocenters. The molecule has 0 saturated heterocycles. The van der Waals surface area contributed by atoms with Gasteiger partial charge in [-0.2, -0.15) is 0 Å². The summed E-state index contributed by atoms with van der Waals surface area (Å²) in [5.41, 5.74) is 1.91. The minimum atomic E-state index is -0.466. The van der Waals surface area contributed by atoms with E-state index < -0.39 is 5.60 Å². The SMILES string of the molecule is CC1=C(CC[C@H](C)CNC(=O)OC(C)(C)C)O[C@H]2C[C@H]3[C@@H]4CC[C@H]5CC(NCCO)CC[C@]5(C)[C@H]4CC[C@]3(C)[C@@H]12. The fraction of sp³-hybridized carbons (Fsp3) is 0.912. The van der Waals surface area contributed by atoms with E-state index in [0.29, 0.717) is 41.4 Å². The third-order valence-electron chi connectivity index (χ3n) is 12.3. The van der Waals surface area contributed by atoms with E-state index in [9.17, 15) is 9.90 Å². The van der Waals surface area contributed by atoms with Gasteiger partial charge in [-0.25, -0.2) is 4.79 Å². The van der Waals surface area contributed by atoms with Crippen LogP contribution in [0.15, 0.2) is 11.3 Å². The molecule has 1 aliphatic heterocycles. The number of hydrogen-bond donors (Lipinski definition) is 3. The molecule has 0 aromatic heterocycles. The predicted molar refractivity (Wildman–Crippen MR) is 160 cm³/mol. The van der Waals surface area contributed by atoms with Gasteiger partial charge in [0.1, 0.15) is 11.7 Å². The van der Waals surface area contributed by atoms with Gasteiger partial charge >= 0.3 is 6.09 Å². The fourth-order valence-electron chi connectivity index (χ4n) is 10.3. The Kier molecular flexibility index (Phi) is 8.63. The molecule has 5 aliphatic rings. The van der Waals surface area contributed by atoms with Crippen LogP contribution in [0.1, 0.15) is 113 Å². The van der Waals surface area contributed by atoms with E-state index in [0.717, 1.165) is 43.1 Å². The zero-order valence-corrected chi connectivity index (χ0v) is 26.5. The molecule has 0 bridgehead atoms. The summed E-state index contributed by atoms with van der Waals surface area (Å²) in [5, 5.41) is 15.8. The monoisotopic (exact) mass is 558 g/mol. The molecule has 40 heavy (non-hydrogen) atoms. The quantitative estimate of drug-likeness (QED) is 0.305. The molecule has 228 valence electrons. The molecule has 0 radical (unpaired) electrons. The molecule has 1 amide bonds. The van der Waals surface area contributed by atoms with Crippen LogP contribution in [0.4, 0.5) is 4.79 Å². The van der Waals surface area contributed by atoms with Gasteiger partial charge in [0.25, 0.3) is 0 Å². The van der Waals surface area contributed by atoms with E-state index in [1.165, 1.54) is 62.7 Å². The second-order valence-corrected chi connectivity index (χ2v) is 15.9. The van der Waals surface area contributed by atoms with Crippen molar-refractivity contribution >= 4 is 6.09 Å². The van der Waals surface area contributed by atoms with Crippen LogP contribution in [0, 0.1) is 46.3 Å². The lowest BCUT2D eigenvalue weighted by Gasteiger charge is -2.61. The molecule has 0 aromatic carbocycles. The van der Waals surface area contributed by atoms with Crippen LogP contribution in [0.25, 0.3) is 0 Å². The molecule has 4 fully saturated rings. The number of allylic oxidation sites excluding steroid dienone is 1. The van der Waals surface area contributed by atoms with Crippen molar-refractivity contribution in [2.24, 2.45) is 46.3 Å². The molecule has 10 atom stereocenters. The Labute approximate surface area is 243 Å². The summed E-state index contributed by atoms with van der Waals surface area (Å²) in [6, 6.07) is 0.594. The highest BCUT2D eigenvalue weighted by atomic mass is 16.6. The highest BCUT2D eigenvalue weighted by molar-refractivity contribution is 5.67. The van der Waals surface area contributed by atoms with Crippen LogP contribution >= 0.6 is 0 Å². The van der Waals surface area contributed by atoms with Gasteiger partial charge in [0.15, 0.2) is 0 Å². The molecule has 6 nitrogen and oxygen atoms in total. The standard InChI is InChI=1S/C34H58N2O4/c1-21(20-36-31(38)40-32(3,4)5)8-11-28-22(2)30-29(39-28)19-27-25-10-9-23-18-24(35-16-17-37)12-14-33(23,6)26(25)13-15-34(27,30)7/h21,23-27,29-30,35,37H,8-20H2,1-7H3,(H,36,38)/t21-,23-,24?,25+,26-,27-,29-,30-,33-,34-/m0/s1. The highest BCUT2D eigenvalue weighted by Gasteiger charge is 2.64. The van der Waals surface area contributed by atoms with Crippen molar-refractivity contribution in [3.63, 3.8) is 0 Å². The Bertz CT molecular complexity index is 958. The van der Waals surface area contributed by atoms with Gasteiger partial charge in [0, 0.05) is 31.5 Å². The molecular formula is C34H58N2O4. The number of carbonyl (C=O) groups excluding carboxylic acids is 1. The number of nitrogens with one attached hydrogen (secondary N) is 2. The average Bonchev–Trinajstić information content (AvgIpc) is 3.36. The minimum Gasteiger partial charge on any atom is -0.494 e. The highest BCUT2D eigenvalue weighted by Crippen LogP contribution is 2.69. The number of aliphatic hydroxyl groups is 1. The van der Waals surface area contributed by atoms with E-state index in [1.807, 2.05) is 20.8 Å². The summed E-state index contributed by atoms with van der Waals surface area (Å²) in [6.07, 6.45) is 12.7. The van der Waals surface area contributed by atoms with E-state index in [-0.39, 0.29) is 12.7 Å². The van der Waals surface area contributed by atoms with Crippen molar-refractivity contribution in [2.45, 2.75) is 130 Å². The van der Waals surface area contributed by atoms with Crippen molar-refractivity contribution in [1.82, 2.24) is 10.6 Å². The van der Waals surface area contributed by atoms with Gasteiger partial charge < -0.3 is 25.2 Å². The summed E-state index contributed by atoms with van der Waals surface area (Å²) in [5.74, 6) is 5.53. The Morgan fingerprint density at radius 1 is 1.10 bits per heavy atom. The second-order valence-electron chi connectivity index (χ2n) is 15.9. The average molecular weight is 559 g/mol. The molecular weight excluding hydrogens is 500 g/mol. The smallest absolute Gasteiger partial charge is 0.407 e. The number of amides is 1. The summed E-state index contributed by atoms with van der Waals surface area (Å²) in [6.45, 7) is 17.1. The number of carbonyl (C=O) groups is 1. The van der Waals surface area contributed by atoms with Crippen molar-refractivity contribution in [3.8, 4) is 0 Å². The van der Waals surface area contributed by atoms with Gasteiger partial charge in [0.05, 0.1) is 12.4 Å². The molecule has 6 heteroatoms. The number of alkyl carbamates (subject to hydrolysis) is 1. The molecule has 0 spiro atoms. The van der Waals surface area contributed by atoms with Crippen LogP contribution in [0.2, 0.25) is 0 Å². The van der Waals surface area contributed by atoms with Crippen molar-refractivity contribution in [2.75, 3.05) is 19.7 Å². The zero-order valence-electron chi connectivity index (χ0n) is 26.5. The third-order valence-corrected chi connectivity index (χ3v) is 12.3. The first-order chi connectivity index (χ1) is 18.9. The lowest BCUT2D eigenvalue weighted by Crippen LogP contribution is -2.55. The summed E-state index contributed by atoms with van der Waals surface area (Å²) in [7, 11) is 0. The molecule has 5 rings (SSSR count). The maximum absolute atomic E-state index is 12.0. The largest absolute Gasteiger partial charge is 0.494 e. The van der Waals surface area contributed by atoms with Crippen molar-refractivity contribution in [3.05, 3.63) is 11.3 Å². The van der Waals surface area contributed by atoms with Crippen LogP contribution in [-0.2, 0) is 9.47 Å². The lowest BCUT2D eigenvalue weighted by molar-refractivity contribution is -0.112. The van der Waals surface area contributed by atoms with E-state index in [2.05, 4.69) is 38.3 Å². The predicted octanol–water partition coefficient (Wildman–Crippen LogP) is 6.82. The second kappa shape index (κ2) is 11.4. The summed E-state index contributed by atoms with van der Waals surface area (Å²) >= 11 is 0. The number of hydrogen-bond acceptors (Lipinski definition) is 5.